The number of rotatable bonds is 9. The van der Waals surface area contributed by atoms with Crippen LogP contribution < -0.4 is 0 Å². The highest BCUT2D eigenvalue weighted by atomic mass is 17.2. The SMILES string of the molecule is CC(COOC(C)(C)C)c1ccccc1.CCCC([C](C)C)(c1ccccc1)C(C)C. The molecule has 2 unspecified atom stereocenters. The van der Waals surface area contributed by atoms with Gasteiger partial charge in [0.2, 0.25) is 0 Å². The second kappa shape index (κ2) is 13.0. The van der Waals surface area contributed by atoms with E-state index in [1.165, 1.54) is 29.9 Å². The van der Waals surface area contributed by atoms with Crippen LogP contribution in [0.4, 0.5) is 0 Å². The van der Waals surface area contributed by atoms with Gasteiger partial charge >= 0.3 is 0 Å². The average Bonchev–Trinajstić information content (AvgIpc) is 2.72. The van der Waals surface area contributed by atoms with Gasteiger partial charge in [-0.25, -0.2) is 9.78 Å². The maximum Gasteiger partial charge on any atom is 0.0952 e. The molecule has 1 radical (unpaired) electrons. The predicted molar refractivity (Wildman–Crippen MR) is 134 cm³/mol. The Kier molecular flexibility index (Phi) is 11.5. The van der Waals surface area contributed by atoms with Gasteiger partial charge in [-0.05, 0) is 50.2 Å². The Morgan fingerprint density at radius 1 is 0.839 bits per heavy atom. The second-order valence-corrected chi connectivity index (χ2v) is 10.0. The molecule has 31 heavy (non-hydrogen) atoms. The van der Waals surface area contributed by atoms with Crippen molar-refractivity contribution in [2.75, 3.05) is 6.61 Å². The minimum atomic E-state index is -0.240. The normalized spacial score (nSPS) is 13.1. The van der Waals surface area contributed by atoms with Crippen molar-refractivity contribution in [3.8, 4) is 0 Å². The van der Waals surface area contributed by atoms with Crippen molar-refractivity contribution in [1.29, 1.82) is 0 Å². The number of benzene rings is 2. The molecule has 0 saturated carbocycles. The van der Waals surface area contributed by atoms with E-state index in [2.05, 4.69) is 84.0 Å². The molecular weight excluding hydrogens is 380 g/mol. The van der Waals surface area contributed by atoms with E-state index in [1.807, 2.05) is 39.0 Å². The summed E-state index contributed by atoms with van der Waals surface area (Å²) >= 11 is 0. The van der Waals surface area contributed by atoms with Crippen LogP contribution in [0.2, 0.25) is 0 Å². The lowest BCUT2D eigenvalue weighted by atomic mass is 9.62. The van der Waals surface area contributed by atoms with Crippen LogP contribution in [0.1, 0.15) is 92.2 Å². The van der Waals surface area contributed by atoms with Gasteiger partial charge in [0.05, 0.1) is 12.2 Å². The van der Waals surface area contributed by atoms with Crippen LogP contribution in [-0.2, 0) is 15.2 Å². The first-order chi connectivity index (χ1) is 14.5. The molecule has 2 nitrogen and oxygen atoms in total. The van der Waals surface area contributed by atoms with E-state index in [-0.39, 0.29) is 11.0 Å². The second-order valence-electron chi connectivity index (χ2n) is 10.0. The predicted octanol–water partition coefficient (Wildman–Crippen LogP) is 8.53. The average molecular weight is 426 g/mol. The zero-order valence-corrected chi connectivity index (χ0v) is 21.4. The lowest BCUT2D eigenvalue weighted by Crippen LogP contribution is -2.36. The standard InChI is InChI=1S/C16H25.C13H20O2/c1-6-12-16(13(2)3,14(4)5)15-10-8-7-9-11-15;1-11(10-14-15-13(2,3)4)12-8-6-5-7-9-12/h7-11,13H,6,12H2,1-5H3;5-9,11H,10H2,1-4H3. The Bertz CT molecular complexity index is 691. The van der Waals surface area contributed by atoms with E-state index in [1.54, 1.807) is 0 Å². The van der Waals surface area contributed by atoms with E-state index in [0.717, 1.165) is 0 Å². The molecule has 0 amide bonds. The summed E-state index contributed by atoms with van der Waals surface area (Å²) in [7, 11) is 0. The zero-order valence-electron chi connectivity index (χ0n) is 21.4. The Morgan fingerprint density at radius 3 is 1.77 bits per heavy atom. The molecule has 2 atom stereocenters. The molecule has 0 aliphatic rings. The molecule has 0 heterocycles. The minimum absolute atomic E-state index is 0.240. The Hall–Kier alpha value is -1.64. The van der Waals surface area contributed by atoms with Crippen molar-refractivity contribution in [2.45, 2.75) is 92.1 Å². The maximum absolute atomic E-state index is 5.22. The van der Waals surface area contributed by atoms with Gasteiger partial charge in [0.25, 0.3) is 0 Å². The molecule has 0 saturated heterocycles. The largest absolute Gasteiger partial charge is 0.236 e. The van der Waals surface area contributed by atoms with Crippen molar-refractivity contribution in [2.24, 2.45) is 5.92 Å². The summed E-state index contributed by atoms with van der Waals surface area (Å²) < 4.78 is 0. The van der Waals surface area contributed by atoms with E-state index in [4.69, 9.17) is 9.78 Å². The van der Waals surface area contributed by atoms with E-state index >= 15 is 0 Å². The summed E-state index contributed by atoms with van der Waals surface area (Å²) in [4.78, 5) is 10.4. The highest BCUT2D eigenvalue weighted by molar-refractivity contribution is 5.32. The fourth-order valence-electron chi connectivity index (χ4n) is 4.20. The van der Waals surface area contributed by atoms with Crippen molar-refractivity contribution in [3.63, 3.8) is 0 Å². The quantitative estimate of drug-likeness (QED) is 0.296. The van der Waals surface area contributed by atoms with E-state index in [0.29, 0.717) is 18.4 Å². The maximum atomic E-state index is 5.22. The molecular formula is C29H45O2. The van der Waals surface area contributed by atoms with Crippen LogP contribution in [0.5, 0.6) is 0 Å². The Morgan fingerprint density at radius 2 is 1.35 bits per heavy atom. The third-order valence-corrected chi connectivity index (χ3v) is 5.81. The van der Waals surface area contributed by atoms with Gasteiger partial charge < -0.3 is 0 Å². The van der Waals surface area contributed by atoms with E-state index in [9.17, 15) is 0 Å². The van der Waals surface area contributed by atoms with Crippen molar-refractivity contribution < 1.29 is 9.78 Å². The van der Waals surface area contributed by atoms with Gasteiger partial charge in [0.1, 0.15) is 0 Å². The summed E-state index contributed by atoms with van der Waals surface area (Å²) in [5, 5.41) is 0. The lowest BCUT2D eigenvalue weighted by Gasteiger charge is -2.42. The molecule has 2 aromatic carbocycles. The van der Waals surface area contributed by atoms with Gasteiger partial charge in [-0.15, -0.1) is 0 Å². The zero-order chi connectivity index (χ0) is 23.5. The fourth-order valence-corrected chi connectivity index (χ4v) is 4.20. The highest BCUT2D eigenvalue weighted by Gasteiger charge is 2.37. The number of hydrogen-bond acceptors (Lipinski definition) is 2. The Balaban J connectivity index is 0.000000311. The molecule has 0 bridgehead atoms. The highest BCUT2D eigenvalue weighted by Crippen LogP contribution is 2.44. The topological polar surface area (TPSA) is 18.5 Å². The lowest BCUT2D eigenvalue weighted by molar-refractivity contribution is -0.350. The van der Waals surface area contributed by atoms with Gasteiger partial charge in [-0.3, -0.25) is 0 Å². The molecule has 2 aromatic rings. The van der Waals surface area contributed by atoms with Crippen molar-refractivity contribution in [3.05, 3.63) is 77.7 Å². The van der Waals surface area contributed by atoms with E-state index < -0.39 is 0 Å². The van der Waals surface area contributed by atoms with Crippen molar-refractivity contribution >= 4 is 0 Å². The fraction of sp³-hybridized carbons (Fsp3) is 0.552. The van der Waals surface area contributed by atoms with Crippen LogP contribution in [-0.4, -0.2) is 12.2 Å². The van der Waals surface area contributed by atoms with Gasteiger partial charge in [0, 0.05) is 11.3 Å². The van der Waals surface area contributed by atoms with Crippen molar-refractivity contribution in [1.82, 2.24) is 0 Å². The minimum Gasteiger partial charge on any atom is -0.236 e. The molecule has 0 aliphatic heterocycles. The molecule has 0 aromatic heterocycles. The van der Waals surface area contributed by atoms with Crippen LogP contribution >= 0.6 is 0 Å². The summed E-state index contributed by atoms with van der Waals surface area (Å²) in [5.41, 5.74) is 2.77. The molecule has 173 valence electrons. The third-order valence-electron chi connectivity index (χ3n) is 5.81. The molecule has 0 spiro atoms. The first-order valence-corrected chi connectivity index (χ1v) is 11.8. The first-order valence-electron chi connectivity index (χ1n) is 11.8. The molecule has 0 aliphatic carbocycles. The smallest absolute Gasteiger partial charge is 0.0952 e. The van der Waals surface area contributed by atoms with Crippen LogP contribution in [0.15, 0.2) is 60.7 Å². The summed E-state index contributed by atoms with van der Waals surface area (Å²) in [6.45, 7) is 20.2. The summed E-state index contributed by atoms with van der Waals surface area (Å²) in [6.07, 6.45) is 2.48. The summed E-state index contributed by atoms with van der Waals surface area (Å²) in [6, 6.07) is 21.3. The first kappa shape index (κ1) is 27.4. The molecule has 2 rings (SSSR count). The van der Waals surface area contributed by atoms with Crippen LogP contribution in [0, 0.1) is 11.8 Å². The van der Waals surface area contributed by atoms with Gasteiger partial charge in [0.15, 0.2) is 0 Å². The molecule has 0 N–H and O–H groups in total. The third kappa shape index (κ3) is 8.79. The Labute approximate surface area is 192 Å². The molecule has 2 heteroatoms. The molecule has 0 fully saturated rings. The van der Waals surface area contributed by atoms with Gasteiger partial charge in [-0.1, -0.05) is 109 Å². The van der Waals surface area contributed by atoms with Crippen LogP contribution in [0.25, 0.3) is 0 Å². The monoisotopic (exact) mass is 425 g/mol. The van der Waals surface area contributed by atoms with Gasteiger partial charge in [-0.2, -0.15) is 0 Å². The van der Waals surface area contributed by atoms with Crippen LogP contribution in [0.3, 0.4) is 0 Å². The number of hydrogen-bond donors (Lipinski definition) is 0. The summed E-state index contributed by atoms with van der Waals surface area (Å²) in [5.74, 6) is 2.55.